The average molecular weight is 656 g/mol. The largest absolute Gasteiger partial charge is 0.481 e. The lowest BCUT2D eigenvalue weighted by Crippen LogP contribution is -2.68. The Balaban J connectivity index is 1.25. The number of nitrogens with one attached hydrogen (secondary N) is 1. The summed E-state index contributed by atoms with van der Waals surface area (Å²) in [4.78, 5) is 25.0. The summed E-state index contributed by atoms with van der Waals surface area (Å²) in [6.45, 7) is 19.5. The van der Waals surface area contributed by atoms with Crippen LogP contribution in [0.3, 0.4) is 0 Å². The van der Waals surface area contributed by atoms with Crippen molar-refractivity contribution in [1.29, 1.82) is 0 Å². The van der Waals surface area contributed by atoms with E-state index in [1.165, 1.54) is 31.3 Å². The fourth-order valence-corrected chi connectivity index (χ4v) is 13.5. The highest BCUT2D eigenvalue weighted by Crippen LogP contribution is 2.77. The summed E-state index contributed by atoms with van der Waals surface area (Å²) in [6.07, 6.45) is 16.9. The van der Waals surface area contributed by atoms with E-state index in [1.807, 2.05) is 0 Å². The number of carboxylic acid groups (broad SMARTS) is 1. The summed E-state index contributed by atoms with van der Waals surface area (Å²) in [7, 11) is 0. The summed E-state index contributed by atoms with van der Waals surface area (Å²) in [6, 6.07) is 0. The summed E-state index contributed by atoms with van der Waals surface area (Å²) < 4.78 is 0. The zero-order valence-corrected chi connectivity index (χ0v) is 30.8. The van der Waals surface area contributed by atoms with Gasteiger partial charge in [0, 0.05) is 13.0 Å². The zero-order valence-electron chi connectivity index (χ0n) is 30.8. The van der Waals surface area contributed by atoms with Gasteiger partial charge >= 0.3 is 5.97 Å². The molecular formula is C41H69NO5. The third-order valence-electron chi connectivity index (χ3n) is 16.1. The van der Waals surface area contributed by atoms with Gasteiger partial charge in [-0.15, -0.1) is 0 Å². The van der Waals surface area contributed by atoms with Gasteiger partial charge in [0.2, 0.25) is 5.91 Å². The molecule has 4 N–H and O–H groups in total. The van der Waals surface area contributed by atoms with Crippen LogP contribution in [0.2, 0.25) is 0 Å². The SMILES string of the molecule is C=C(C)[C@@H]1CC[C@]2(C(=O)NCCCCCCCCCCC(=O)O)CC[C@]3(C)[C@H](CC[C@@H]4[C@@]5(C)C[C@H](O)[C@H](O)C(C)(C)[C@@H]5CC[C@]43C)[C@@H]12. The lowest BCUT2D eigenvalue weighted by atomic mass is 9.32. The quantitative estimate of drug-likeness (QED) is 0.117. The van der Waals surface area contributed by atoms with Crippen LogP contribution >= 0.6 is 0 Å². The summed E-state index contributed by atoms with van der Waals surface area (Å²) in [5, 5.41) is 34.5. The Morgan fingerprint density at radius 2 is 1.40 bits per heavy atom. The second kappa shape index (κ2) is 13.7. The molecule has 5 fully saturated rings. The van der Waals surface area contributed by atoms with Gasteiger partial charge in [0.05, 0.1) is 17.6 Å². The maximum absolute atomic E-state index is 14.3. The van der Waals surface area contributed by atoms with Gasteiger partial charge in [0.15, 0.2) is 0 Å². The summed E-state index contributed by atoms with van der Waals surface area (Å²) >= 11 is 0. The number of carboxylic acids is 1. The van der Waals surface area contributed by atoms with Gasteiger partial charge in [-0.2, -0.15) is 0 Å². The monoisotopic (exact) mass is 656 g/mol. The van der Waals surface area contributed by atoms with Crippen molar-refractivity contribution in [3.8, 4) is 0 Å². The number of carbonyl (C=O) groups is 2. The van der Waals surface area contributed by atoms with Gasteiger partial charge in [-0.1, -0.05) is 85.3 Å². The van der Waals surface area contributed by atoms with Crippen molar-refractivity contribution in [2.45, 2.75) is 169 Å². The van der Waals surface area contributed by atoms with Crippen LogP contribution in [0.4, 0.5) is 0 Å². The number of carbonyl (C=O) groups excluding carboxylic acids is 1. The molecular weight excluding hydrogens is 586 g/mol. The van der Waals surface area contributed by atoms with Crippen LogP contribution in [-0.4, -0.2) is 45.9 Å². The van der Waals surface area contributed by atoms with Gasteiger partial charge in [-0.3, -0.25) is 9.59 Å². The Labute approximate surface area is 286 Å². The molecule has 0 saturated heterocycles. The molecule has 5 aliphatic rings. The maximum Gasteiger partial charge on any atom is 0.303 e. The minimum absolute atomic E-state index is 0.00118. The van der Waals surface area contributed by atoms with Gasteiger partial charge in [-0.05, 0) is 129 Å². The van der Waals surface area contributed by atoms with Crippen molar-refractivity contribution in [2.24, 2.45) is 56.7 Å². The van der Waals surface area contributed by atoms with Crippen molar-refractivity contribution < 1.29 is 24.9 Å². The van der Waals surface area contributed by atoms with Gasteiger partial charge in [0.1, 0.15) is 0 Å². The van der Waals surface area contributed by atoms with Crippen LogP contribution in [0.1, 0.15) is 157 Å². The highest BCUT2D eigenvalue weighted by molar-refractivity contribution is 5.83. The topological polar surface area (TPSA) is 107 Å². The van der Waals surface area contributed by atoms with Crippen LogP contribution in [0.15, 0.2) is 12.2 Å². The maximum atomic E-state index is 14.3. The first-order valence-corrected chi connectivity index (χ1v) is 19.6. The van der Waals surface area contributed by atoms with Gasteiger partial charge in [0.25, 0.3) is 0 Å². The van der Waals surface area contributed by atoms with E-state index in [0.29, 0.717) is 41.9 Å². The van der Waals surface area contributed by atoms with Crippen molar-refractivity contribution in [3.05, 3.63) is 12.2 Å². The molecule has 5 saturated carbocycles. The second-order valence-corrected chi connectivity index (χ2v) is 18.6. The highest BCUT2D eigenvalue weighted by Gasteiger charge is 2.72. The molecule has 47 heavy (non-hydrogen) atoms. The number of amides is 1. The number of fused-ring (bicyclic) bond motifs is 7. The Morgan fingerprint density at radius 3 is 2.04 bits per heavy atom. The minimum Gasteiger partial charge on any atom is -0.481 e. The van der Waals surface area contributed by atoms with E-state index >= 15 is 0 Å². The fourth-order valence-electron chi connectivity index (χ4n) is 13.5. The Hall–Kier alpha value is -1.40. The molecule has 6 heteroatoms. The average Bonchev–Trinajstić information content (AvgIpc) is 3.40. The number of aliphatic carboxylic acids is 1. The zero-order chi connectivity index (χ0) is 34.4. The van der Waals surface area contributed by atoms with E-state index in [1.54, 1.807) is 0 Å². The third-order valence-corrected chi connectivity index (χ3v) is 16.1. The molecule has 11 atom stereocenters. The predicted octanol–water partition coefficient (Wildman–Crippen LogP) is 8.69. The number of aliphatic hydroxyl groups excluding tert-OH is 2. The molecule has 0 heterocycles. The first-order valence-electron chi connectivity index (χ1n) is 19.6. The van der Waals surface area contributed by atoms with Crippen molar-refractivity contribution in [2.75, 3.05) is 6.54 Å². The predicted molar refractivity (Wildman–Crippen MR) is 189 cm³/mol. The normalized spacial score (nSPS) is 43.6. The Morgan fingerprint density at radius 1 is 0.766 bits per heavy atom. The molecule has 0 unspecified atom stereocenters. The molecule has 268 valence electrons. The molecule has 6 nitrogen and oxygen atoms in total. The smallest absolute Gasteiger partial charge is 0.303 e. The van der Waals surface area contributed by atoms with Crippen LogP contribution < -0.4 is 5.32 Å². The van der Waals surface area contributed by atoms with E-state index < -0.39 is 18.2 Å². The molecule has 0 aromatic heterocycles. The van der Waals surface area contributed by atoms with E-state index in [0.717, 1.165) is 83.6 Å². The molecule has 0 aromatic carbocycles. The number of hydrogen-bond acceptors (Lipinski definition) is 4. The van der Waals surface area contributed by atoms with E-state index in [-0.39, 0.29) is 33.5 Å². The van der Waals surface area contributed by atoms with Crippen LogP contribution in [0, 0.1) is 56.7 Å². The second-order valence-electron chi connectivity index (χ2n) is 18.6. The number of aliphatic hydroxyl groups is 2. The van der Waals surface area contributed by atoms with E-state index in [9.17, 15) is 19.8 Å². The molecule has 1 amide bonds. The molecule has 0 radical (unpaired) electrons. The van der Waals surface area contributed by atoms with Crippen LogP contribution in [-0.2, 0) is 9.59 Å². The highest BCUT2D eigenvalue weighted by atomic mass is 16.4. The van der Waals surface area contributed by atoms with E-state index in [4.69, 9.17) is 5.11 Å². The van der Waals surface area contributed by atoms with E-state index in [2.05, 4.69) is 53.4 Å². The Bertz CT molecular complexity index is 1170. The summed E-state index contributed by atoms with van der Waals surface area (Å²) in [5.74, 6) is 1.76. The molecule has 0 aliphatic heterocycles. The first kappa shape index (κ1) is 36.9. The number of unbranched alkanes of at least 4 members (excludes halogenated alkanes) is 7. The summed E-state index contributed by atoms with van der Waals surface area (Å²) in [5.41, 5.74) is 0.937. The third kappa shape index (κ3) is 6.16. The van der Waals surface area contributed by atoms with Gasteiger partial charge in [-0.25, -0.2) is 0 Å². The number of allylic oxidation sites excluding steroid dienone is 1. The molecule has 5 aliphatic carbocycles. The number of hydrogen-bond donors (Lipinski definition) is 4. The lowest BCUT2D eigenvalue weighted by molar-refractivity contribution is -0.262. The standard InChI is InChI=1S/C41H69NO5/c1-27(2)28-19-22-41(36(47)42-25-15-13-11-9-8-10-12-14-16-33(44)45)24-23-39(6)29(34(28)41)17-18-32-38(5)26-30(43)35(46)37(3,4)31(38)20-21-40(32,39)7/h28-32,34-35,43,46H,1,8-26H2,2-7H3,(H,42,47)(H,44,45)/t28-,29+,30-,31-,32+,34+,35-,38-,39+,40+,41-/m0/s1. The first-order chi connectivity index (χ1) is 22.1. The van der Waals surface area contributed by atoms with Crippen LogP contribution in [0.5, 0.6) is 0 Å². The van der Waals surface area contributed by atoms with Crippen molar-refractivity contribution >= 4 is 11.9 Å². The van der Waals surface area contributed by atoms with Crippen LogP contribution in [0.25, 0.3) is 0 Å². The Kier molecular flexibility index (Phi) is 10.8. The minimum atomic E-state index is -0.696. The van der Waals surface area contributed by atoms with Gasteiger partial charge < -0.3 is 20.6 Å². The molecule has 0 aromatic rings. The molecule has 5 rings (SSSR count). The van der Waals surface area contributed by atoms with Crippen molar-refractivity contribution in [1.82, 2.24) is 5.32 Å². The molecule has 0 bridgehead atoms. The lowest BCUT2D eigenvalue weighted by Gasteiger charge is -2.73. The molecule has 0 spiro atoms. The fraction of sp³-hybridized carbons (Fsp3) is 0.902. The van der Waals surface area contributed by atoms with Crippen molar-refractivity contribution in [3.63, 3.8) is 0 Å². The number of rotatable bonds is 13.